The molecule has 0 amide bonds. The minimum Gasteiger partial charge on any atom is -0.391 e. The fourth-order valence-electron chi connectivity index (χ4n) is 2.40. The van der Waals surface area contributed by atoms with E-state index < -0.39 is 5.60 Å². The number of benzene rings is 1. The average molecular weight is 278 g/mol. The fourth-order valence-corrected chi connectivity index (χ4v) is 2.40. The third kappa shape index (κ3) is 7.44. The van der Waals surface area contributed by atoms with Crippen molar-refractivity contribution in [3.63, 3.8) is 0 Å². The van der Waals surface area contributed by atoms with Crippen LogP contribution in [0.2, 0.25) is 0 Å². The van der Waals surface area contributed by atoms with Crippen molar-refractivity contribution in [1.29, 1.82) is 0 Å². The first-order valence-corrected chi connectivity index (χ1v) is 7.29. The van der Waals surface area contributed by atoms with Crippen LogP contribution in [0.25, 0.3) is 0 Å². The maximum absolute atomic E-state index is 8.52. The van der Waals surface area contributed by atoms with Crippen LogP contribution in [0.3, 0.4) is 0 Å². The number of carbonyl (C=O) groups excluding carboxylic acids is 1. The molecular formula is C18H30O2. The minimum absolute atomic E-state index is 0.480. The fraction of sp³-hybridized carbons (Fsp3) is 0.611. The first-order chi connectivity index (χ1) is 9.21. The molecule has 1 saturated carbocycles. The summed E-state index contributed by atoms with van der Waals surface area (Å²) in [5.41, 5.74) is 2.88. The van der Waals surface area contributed by atoms with Gasteiger partial charge in [-0.25, -0.2) is 0 Å². The highest BCUT2D eigenvalue weighted by Gasteiger charge is 2.29. The van der Waals surface area contributed by atoms with E-state index in [1.165, 1.54) is 36.8 Å². The van der Waals surface area contributed by atoms with Crippen molar-refractivity contribution in [2.24, 2.45) is 0 Å². The smallest absolute Gasteiger partial charge is 0.106 e. The van der Waals surface area contributed by atoms with Gasteiger partial charge in [-0.15, -0.1) is 0 Å². The van der Waals surface area contributed by atoms with E-state index in [-0.39, 0.29) is 0 Å². The van der Waals surface area contributed by atoms with Gasteiger partial charge in [0.05, 0.1) is 5.60 Å². The van der Waals surface area contributed by atoms with Gasteiger partial charge in [-0.05, 0) is 51.5 Å². The largest absolute Gasteiger partial charge is 0.391 e. The molecule has 0 radical (unpaired) electrons. The van der Waals surface area contributed by atoms with Gasteiger partial charge >= 0.3 is 0 Å². The SMILES string of the molecule is C=O.CC(C)(C)O.Cc1ccc(C2(C)CCCC2)cc1. The number of aryl methyl sites for hydroxylation is 1. The van der Waals surface area contributed by atoms with E-state index in [0.29, 0.717) is 5.41 Å². The quantitative estimate of drug-likeness (QED) is 0.825. The summed E-state index contributed by atoms with van der Waals surface area (Å²) in [5.74, 6) is 0. The number of aliphatic hydroxyl groups is 1. The third-order valence-corrected chi connectivity index (χ3v) is 3.46. The van der Waals surface area contributed by atoms with Crippen LogP contribution in [0.1, 0.15) is 64.5 Å². The van der Waals surface area contributed by atoms with Gasteiger partial charge in [-0.1, -0.05) is 49.6 Å². The lowest BCUT2D eigenvalue weighted by Gasteiger charge is -2.24. The molecule has 0 unspecified atom stereocenters. The Hall–Kier alpha value is -1.15. The highest BCUT2D eigenvalue weighted by molar-refractivity contribution is 5.28. The molecule has 0 saturated heterocycles. The summed E-state index contributed by atoms with van der Waals surface area (Å²) in [5, 5.41) is 8.52. The van der Waals surface area contributed by atoms with Crippen molar-refractivity contribution < 1.29 is 9.90 Å². The van der Waals surface area contributed by atoms with E-state index in [0.717, 1.165) is 0 Å². The Labute approximate surface area is 124 Å². The van der Waals surface area contributed by atoms with E-state index in [9.17, 15) is 0 Å². The molecule has 1 aromatic carbocycles. The molecule has 0 atom stereocenters. The van der Waals surface area contributed by atoms with Crippen molar-refractivity contribution in [3.05, 3.63) is 35.4 Å². The van der Waals surface area contributed by atoms with E-state index in [1.54, 1.807) is 20.8 Å². The second-order valence-electron chi connectivity index (χ2n) is 6.80. The molecule has 1 aromatic rings. The predicted octanol–water partition coefficient (Wildman–Crippen LogP) is 4.42. The summed E-state index contributed by atoms with van der Waals surface area (Å²) in [6, 6.07) is 9.08. The van der Waals surface area contributed by atoms with Gasteiger partial charge in [-0.3, -0.25) is 0 Å². The van der Waals surface area contributed by atoms with E-state index >= 15 is 0 Å². The summed E-state index contributed by atoms with van der Waals surface area (Å²) in [4.78, 5) is 8.00. The Kier molecular flexibility index (Phi) is 7.74. The van der Waals surface area contributed by atoms with Gasteiger partial charge in [0.15, 0.2) is 0 Å². The van der Waals surface area contributed by atoms with Crippen LogP contribution in [0.5, 0.6) is 0 Å². The Bertz CT molecular complexity index is 361. The number of hydrogen-bond acceptors (Lipinski definition) is 2. The normalized spacial score (nSPS) is 16.5. The van der Waals surface area contributed by atoms with Crippen molar-refractivity contribution in [1.82, 2.24) is 0 Å². The zero-order valence-corrected chi connectivity index (χ0v) is 13.7. The molecule has 0 aromatic heterocycles. The van der Waals surface area contributed by atoms with Crippen LogP contribution < -0.4 is 0 Å². The highest BCUT2D eigenvalue weighted by Crippen LogP contribution is 2.40. The molecule has 0 bridgehead atoms. The molecule has 0 spiro atoms. The number of hydrogen-bond donors (Lipinski definition) is 1. The van der Waals surface area contributed by atoms with Crippen LogP contribution in [-0.2, 0) is 10.2 Å². The number of carbonyl (C=O) groups is 1. The molecular weight excluding hydrogens is 248 g/mol. The van der Waals surface area contributed by atoms with Crippen molar-refractivity contribution >= 4 is 6.79 Å². The summed E-state index contributed by atoms with van der Waals surface area (Å²) in [7, 11) is 0. The molecule has 1 aliphatic carbocycles. The number of rotatable bonds is 1. The van der Waals surface area contributed by atoms with E-state index in [1.807, 2.05) is 6.79 Å². The first kappa shape index (κ1) is 18.9. The van der Waals surface area contributed by atoms with Gasteiger partial charge < -0.3 is 9.90 Å². The summed E-state index contributed by atoms with van der Waals surface area (Å²) >= 11 is 0. The summed E-state index contributed by atoms with van der Waals surface area (Å²) in [6.07, 6.45) is 5.56. The zero-order valence-electron chi connectivity index (χ0n) is 13.7. The van der Waals surface area contributed by atoms with E-state index in [4.69, 9.17) is 9.90 Å². The summed E-state index contributed by atoms with van der Waals surface area (Å²) in [6.45, 7) is 11.8. The van der Waals surface area contributed by atoms with Crippen molar-refractivity contribution in [2.45, 2.75) is 71.3 Å². The van der Waals surface area contributed by atoms with Crippen molar-refractivity contribution in [2.75, 3.05) is 0 Å². The second kappa shape index (κ2) is 8.21. The standard InChI is InChI=1S/C13H18.C4H10O.CH2O/c1-11-5-7-12(8-6-11)13(2)9-3-4-10-13;1-4(2,3)5;1-2/h5-8H,3-4,9-10H2,1-2H3;5H,1-3H3;1H2. The average Bonchev–Trinajstić information content (AvgIpc) is 2.79. The topological polar surface area (TPSA) is 37.3 Å². The molecule has 114 valence electrons. The summed E-state index contributed by atoms with van der Waals surface area (Å²) < 4.78 is 0. The Morgan fingerprint density at radius 2 is 1.40 bits per heavy atom. The Morgan fingerprint density at radius 1 is 1.05 bits per heavy atom. The molecule has 0 aliphatic heterocycles. The molecule has 2 rings (SSSR count). The lowest BCUT2D eigenvalue weighted by atomic mass is 9.81. The molecule has 0 heterocycles. The molecule has 20 heavy (non-hydrogen) atoms. The minimum atomic E-state index is -0.500. The van der Waals surface area contributed by atoms with Gasteiger partial charge in [-0.2, -0.15) is 0 Å². The highest BCUT2D eigenvalue weighted by atomic mass is 16.3. The zero-order chi connectivity index (χ0) is 15.8. The van der Waals surface area contributed by atoms with Gasteiger partial charge in [0, 0.05) is 0 Å². The maximum atomic E-state index is 8.52. The van der Waals surface area contributed by atoms with Crippen LogP contribution in [0.4, 0.5) is 0 Å². The molecule has 2 heteroatoms. The second-order valence-corrected chi connectivity index (χ2v) is 6.80. The molecule has 1 aliphatic rings. The molecule has 1 fully saturated rings. The van der Waals surface area contributed by atoms with E-state index in [2.05, 4.69) is 38.1 Å². The lowest BCUT2D eigenvalue weighted by Crippen LogP contribution is -2.16. The van der Waals surface area contributed by atoms with Gasteiger partial charge in [0.2, 0.25) is 0 Å². The van der Waals surface area contributed by atoms with Crippen LogP contribution in [0.15, 0.2) is 24.3 Å². The van der Waals surface area contributed by atoms with Gasteiger partial charge in [0.1, 0.15) is 6.79 Å². The monoisotopic (exact) mass is 278 g/mol. The van der Waals surface area contributed by atoms with Crippen LogP contribution in [0, 0.1) is 6.92 Å². The Morgan fingerprint density at radius 3 is 1.75 bits per heavy atom. The first-order valence-electron chi connectivity index (χ1n) is 7.29. The van der Waals surface area contributed by atoms with Crippen LogP contribution >= 0.6 is 0 Å². The lowest BCUT2D eigenvalue weighted by molar-refractivity contribution is -0.0979. The molecule has 2 nitrogen and oxygen atoms in total. The third-order valence-electron chi connectivity index (χ3n) is 3.46. The van der Waals surface area contributed by atoms with Gasteiger partial charge in [0.25, 0.3) is 0 Å². The van der Waals surface area contributed by atoms with Crippen molar-refractivity contribution in [3.8, 4) is 0 Å². The maximum Gasteiger partial charge on any atom is 0.106 e. The van der Waals surface area contributed by atoms with Crippen LogP contribution in [-0.4, -0.2) is 17.5 Å². The Balaban J connectivity index is 0.000000441. The predicted molar refractivity (Wildman–Crippen MR) is 86.1 cm³/mol. The molecule has 1 N–H and O–H groups in total.